The number of aromatic nitrogens is 4. The van der Waals surface area contributed by atoms with E-state index in [9.17, 15) is 9.18 Å². The summed E-state index contributed by atoms with van der Waals surface area (Å²) in [5.74, 6) is 0.597. The number of hydrogen-bond acceptors (Lipinski definition) is 6. The van der Waals surface area contributed by atoms with Crippen LogP contribution in [0.1, 0.15) is 30.8 Å². The Morgan fingerprint density at radius 3 is 2.61 bits per heavy atom. The average Bonchev–Trinajstić information content (AvgIpc) is 3.20. The molecule has 2 aromatic heterocycles. The lowest BCUT2D eigenvalue weighted by molar-refractivity contribution is -0.118. The van der Waals surface area contributed by atoms with E-state index in [4.69, 9.17) is 0 Å². The highest BCUT2D eigenvalue weighted by Gasteiger charge is 2.19. The Hall–Kier alpha value is -2.78. The van der Waals surface area contributed by atoms with Crippen molar-refractivity contribution >= 4 is 17.7 Å². The highest BCUT2D eigenvalue weighted by Crippen LogP contribution is 2.24. The third-order valence-corrected chi connectivity index (χ3v) is 6.05. The van der Waals surface area contributed by atoms with Gasteiger partial charge in [-0.2, -0.15) is 0 Å². The van der Waals surface area contributed by atoms with E-state index in [-0.39, 0.29) is 17.5 Å². The Labute approximate surface area is 185 Å². The van der Waals surface area contributed by atoms with Gasteiger partial charge in [-0.05, 0) is 62.3 Å². The van der Waals surface area contributed by atoms with Crippen LogP contribution in [0.25, 0.3) is 5.69 Å². The third-order valence-electron chi connectivity index (χ3n) is 5.12. The lowest BCUT2D eigenvalue weighted by atomic mass is 10.1. The molecule has 1 N–H and O–H groups in total. The SMILES string of the molecule is O=C(CSc1nnc(CN2CCCCC2)n1-c1ccc(F)cc1)NCc1ccccn1. The van der Waals surface area contributed by atoms with Gasteiger partial charge in [0, 0.05) is 11.9 Å². The summed E-state index contributed by atoms with van der Waals surface area (Å²) in [6.45, 7) is 3.13. The van der Waals surface area contributed by atoms with E-state index < -0.39 is 0 Å². The van der Waals surface area contributed by atoms with Gasteiger partial charge in [0.25, 0.3) is 0 Å². The van der Waals surface area contributed by atoms with Crippen LogP contribution < -0.4 is 5.32 Å². The molecule has 0 atom stereocenters. The van der Waals surface area contributed by atoms with Crippen molar-refractivity contribution in [3.05, 3.63) is 66.0 Å². The number of nitrogens with zero attached hydrogens (tertiary/aromatic N) is 5. The zero-order valence-corrected chi connectivity index (χ0v) is 18.0. The molecule has 1 amide bonds. The Kier molecular flexibility index (Phi) is 7.26. The van der Waals surface area contributed by atoms with Gasteiger partial charge in [0.05, 0.1) is 24.5 Å². The molecule has 0 bridgehead atoms. The molecule has 3 aromatic rings. The molecule has 3 heterocycles. The first-order chi connectivity index (χ1) is 15.2. The summed E-state index contributed by atoms with van der Waals surface area (Å²) in [6.07, 6.45) is 5.33. The minimum absolute atomic E-state index is 0.109. The zero-order valence-electron chi connectivity index (χ0n) is 17.2. The highest BCUT2D eigenvalue weighted by molar-refractivity contribution is 7.99. The van der Waals surface area contributed by atoms with E-state index in [0.717, 1.165) is 30.3 Å². The summed E-state index contributed by atoms with van der Waals surface area (Å²) in [6, 6.07) is 11.9. The maximum atomic E-state index is 13.5. The normalized spacial score (nSPS) is 14.5. The maximum absolute atomic E-state index is 13.5. The van der Waals surface area contributed by atoms with Crippen LogP contribution in [0.5, 0.6) is 0 Å². The fourth-order valence-electron chi connectivity index (χ4n) is 3.54. The zero-order chi connectivity index (χ0) is 21.5. The Morgan fingerprint density at radius 2 is 1.87 bits per heavy atom. The van der Waals surface area contributed by atoms with Gasteiger partial charge in [0.1, 0.15) is 5.82 Å². The molecule has 0 unspecified atom stereocenters. The molecule has 1 fully saturated rings. The number of nitrogens with one attached hydrogen (secondary N) is 1. The van der Waals surface area contributed by atoms with Crippen molar-refractivity contribution in [3.63, 3.8) is 0 Å². The van der Waals surface area contributed by atoms with Gasteiger partial charge in [-0.25, -0.2) is 4.39 Å². The molecule has 0 aliphatic carbocycles. The molecule has 1 aliphatic heterocycles. The van der Waals surface area contributed by atoms with Gasteiger partial charge in [0.15, 0.2) is 11.0 Å². The molecule has 4 rings (SSSR count). The molecule has 162 valence electrons. The molecular formula is C22H25FN6OS. The number of thioether (sulfide) groups is 1. The summed E-state index contributed by atoms with van der Waals surface area (Å²) in [7, 11) is 0. The van der Waals surface area contributed by atoms with Gasteiger partial charge in [0.2, 0.25) is 5.91 Å². The van der Waals surface area contributed by atoms with Crippen molar-refractivity contribution < 1.29 is 9.18 Å². The molecule has 1 aromatic carbocycles. The second-order valence-electron chi connectivity index (χ2n) is 7.43. The molecule has 9 heteroatoms. The monoisotopic (exact) mass is 440 g/mol. The van der Waals surface area contributed by atoms with E-state index in [1.54, 1.807) is 18.3 Å². The smallest absolute Gasteiger partial charge is 0.230 e. The van der Waals surface area contributed by atoms with Crippen LogP contribution in [-0.2, 0) is 17.9 Å². The maximum Gasteiger partial charge on any atom is 0.230 e. The number of likely N-dealkylation sites (tertiary alicyclic amines) is 1. The molecule has 31 heavy (non-hydrogen) atoms. The number of rotatable bonds is 8. The molecule has 0 spiro atoms. The fraction of sp³-hybridized carbons (Fsp3) is 0.364. The topological polar surface area (TPSA) is 75.9 Å². The summed E-state index contributed by atoms with van der Waals surface area (Å²) in [5, 5.41) is 12.2. The van der Waals surface area contributed by atoms with Crippen LogP contribution in [0.4, 0.5) is 4.39 Å². The van der Waals surface area contributed by atoms with E-state index in [2.05, 4.69) is 25.4 Å². The number of halogens is 1. The minimum Gasteiger partial charge on any atom is -0.350 e. The summed E-state index contributed by atoms with van der Waals surface area (Å²) >= 11 is 1.32. The first-order valence-corrected chi connectivity index (χ1v) is 11.4. The van der Waals surface area contributed by atoms with Crippen molar-refractivity contribution in [1.82, 2.24) is 30.0 Å². The molecular weight excluding hydrogens is 415 g/mol. The Balaban J connectivity index is 1.45. The predicted octanol–water partition coefficient (Wildman–Crippen LogP) is 3.20. The second kappa shape index (κ2) is 10.5. The number of amides is 1. The van der Waals surface area contributed by atoms with E-state index in [0.29, 0.717) is 18.2 Å². The largest absolute Gasteiger partial charge is 0.350 e. The summed E-state index contributed by atoms with van der Waals surface area (Å²) in [4.78, 5) is 18.9. The van der Waals surface area contributed by atoms with Crippen LogP contribution in [0.15, 0.2) is 53.8 Å². The Bertz CT molecular complexity index is 989. The van der Waals surface area contributed by atoms with Gasteiger partial charge in [-0.15, -0.1) is 10.2 Å². The number of carbonyl (C=O) groups is 1. The van der Waals surface area contributed by atoms with Crippen LogP contribution in [0.2, 0.25) is 0 Å². The predicted molar refractivity (Wildman–Crippen MR) is 117 cm³/mol. The van der Waals surface area contributed by atoms with E-state index in [1.165, 1.54) is 43.2 Å². The molecule has 1 saturated heterocycles. The standard InChI is InChI=1S/C22H25FN6OS/c23-17-7-9-19(10-8-17)29-20(15-28-12-4-1-5-13-28)26-27-22(29)31-16-21(30)25-14-18-6-2-3-11-24-18/h2-3,6-11H,1,4-5,12-16H2,(H,25,30). The van der Waals surface area contributed by atoms with Crippen molar-refractivity contribution in [2.75, 3.05) is 18.8 Å². The molecule has 7 nitrogen and oxygen atoms in total. The summed E-state index contributed by atoms with van der Waals surface area (Å²) in [5.41, 5.74) is 1.59. The van der Waals surface area contributed by atoms with Crippen molar-refractivity contribution in [2.24, 2.45) is 0 Å². The first kappa shape index (κ1) is 21.5. The van der Waals surface area contributed by atoms with Crippen molar-refractivity contribution in [1.29, 1.82) is 0 Å². The van der Waals surface area contributed by atoms with Crippen molar-refractivity contribution in [3.8, 4) is 5.69 Å². The van der Waals surface area contributed by atoms with Crippen LogP contribution in [0.3, 0.4) is 0 Å². The lowest BCUT2D eigenvalue weighted by Gasteiger charge is -2.26. The van der Waals surface area contributed by atoms with Crippen molar-refractivity contribution in [2.45, 2.75) is 37.5 Å². The van der Waals surface area contributed by atoms with E-state index in [1.807, 2.05) is 22.8 Å². The molecule has 1 aliphatic rings. The van der Waals surface area contributed by atoms with Gasteiger partial charge in [-0.3, -0.25) is 19.2 Å². The minimum atomic E-state index is -0.294. The lowest BCUT2D eigenvalue weighted by Crippen LogP contribution is -2.30. The quantitative estimate of drug-likeness (QED) is 0.542. The second-order valence-corrected chi connectivity index (χ2v) is 8.38. The number of piperidine rings is 1. The van der Waals surface area contributed by atoms with Gasteiger partial charge in [-0.1, -0.05) is 24.2 Å². The third kappa shape index (κ3) is 5.89. The first-order valence-electron chi connectivity index (χ1n) is 10.4. The van der Waals surface area contributed by atoms with Crippen LogP contribution in [0, 0.1) is 5.82 Å². The van der Waals surface area contributed by atoms with Crippen LogP contribution in [-0.4, -0.2) is 49.4 Å². The highest BCUT2D eigenvalue weighted by atomic mass is 32.2. The van der Waals surface area contributed by atoms with Gasteiger partial charge >= 0.3 is 0 Å². The number of carbonyl (C=O) groups excluding carboxylic acids is 1. The molecule has 0 radical (unpaired) electrons. The van der Waals surface area contributed by atoms with E-state index >= 15 is 0 Å². The van der Waals surface area contributed by atoms with Gasteiger partial charge < -0.3 is 5.32 Å². The number of benzene rings is 1. The number of hydrogen-bond donors (Lipinski definition) is 1. The average molecular weight is 441 g/mol. The van der Waals surface area contributed by atoms with Crippen LogP contribution >= 0.6 is 11.8 Å². The summed E-state index contributed by atoms with van der Waals surface area (Å²) < 4.78 is 15.4. The number of pyridine rings is 1. The Morgan fingerprint density at radius 1 is 1.06 bits per heavy atom. The fourth-order valence-corrected chi connectivity index (χ4v) is 4.34. The molecule has 0 saturated carbocycles.